The summed E-state index contributed by atoms with van der Waals surface area (Å²) in [6.45, 7) is 13.0. The van der Waals surface area contributed by atoms with Crippen molar-refractivity contribution in [3.05, 3.63) is 28.8 Å². The van der Waals surface area contributed by atoms with Gasteiger partial charge in [0.2, 0.25) is 0 Å². The van der Waals surface area contributed by atoms with Crippen molar-refractivity contribution in [2.24, 2.45) is 0 Å². The number of hydrogen-bond acceptors (Lipinski definition) is 1. The molecule has 0 heterocycles. The Bertz CT molecular complexity index is 387. The predicted molar refractivity (Wildman–Crippen MR) is 74.9 cm³/mol. The molecule has 0 aromatic heterocycles. The van der Waals surface area contributed by atoms with Crippen LogP contribution in [0, 0.1) is 0 Å². The van der Waals surface area contributed by atoms with Gasteiger partial charge in [-0.1, -0.05) is 60.6 Å². The summed E-state index contributed by atoms with van der Waals surface area (Å²) in [6, 6.07) is 4.11. The molecule has 0 saturated heterocycles. The Hall–Kier alpha value is -0.980. The zero-order chi connectivity index (χ0) is 14.1. The van der Waals surface area contributed by atoms with Crippen LogP contribution in [0.1, 0.15) is 66.5 Å². The monoisotopic (exact) mass is 236 g/mol. The second kappa shape index (κ2) is 4.36. The molecule has 0 fully saturated rings. The lowest BCUT2D eigenvalue weighted by Gasteiger charge is -2.28. The predicted octanol–water partition coefficient (Wildman–Crippen LogP) is 4.55. The minimum absolute atomic E-state index is 0.0812. The van der Waals surface area contributed by atoms with Crippen LogP contribution in [-0.2, 0) is 17.3 Å². The number of phenolic OH excluding ortho intramolecular Hbond substituents is 1. The van der Waals surface area contributed by atoms with E-state index in [0.29, 0.717) is 12.6 Å². The van der Waals surface area contributed by atoms with Crippen molar-refractivity contribution in [3.63, 3.8) is 0 Å². The molecule has 96 valence electrons. The van der Waals surface area contributed by atoms with Crippen LogP contribution in [0.2, 0.25) is 0 Å². The summed E-state index contributed by atoms with van der Waals surface area (Å²) in [5.74, 6) is 0.420. The molecule has 1 N–H and O–H groups in total. The third-order valence-electron chi connectivity index (χ3n) is 3.07. The van der Waals surface area contributed by atoms with E-state index >= 15 is 0 Å². The highest BCUT2D eigenvalue weighted by Crippen LogP contribution is 2.39. The maximum Gasteiger partial charge on any atom is 0.123 e. The molecule has 1 aromatic carbocycles. The van der Waals surface area contributed by atoms with Gasteiger partial charge in [-0.15, -0.1) is 0 Å². The van der Waals surface area contributed by atoms with Crippen molar-refractivity contribution in [3.8, 4) is 5.75 Å². The molecule has 0 aliphatic heterocycles. The van der Waals surface area contributed by atoms with Crippen molar-refractivity contribution in [2.75, 3.05) is 0 Å². The van der Waals surface area contributed by atoms with Gasteiger partial charge in [-0.2, -0.15) is 0 Å². The molecule has 0 unspecified atom stereocenters. The van der Waals surface area contributed by atoms with Gasteiger partial charge < -0.3 is 5.11 Å². The molecule has 0 amide bonds. The van der Waals surface area contributed by atoms with E-state index in [4.69, 9.17) is 1.37 Å². The lowest BCUT2D eigenvalue weighted by atomic mass is 9.78. The summed E-state index contributed by atoms with van der Waals surface area (Å²) in [5.41, 5.74) is 2.96. The van der Waals surface area contributed by atoms with Gasteiger partial charge in [0, 0.05) is 1.37 Å². The van der Waals surface area contributed by atoms with E-state index in [1.807, 2.05) is 0 Å². The van der Waals surface area contributed by atoms with Gasteiger partial charge in [0.05, 0.1) is 0 Å². The third-order valence-corrected chi connectivity index (χ3v) is 3.07. The first-order chi connectivity index (χ1) is 8.07. The Balaban J connectivity index is 3.48. The molecule has 1 aromatic rings. The Morgan fingerprint density at radius 1 is 1.00 bits per heavy atom. The molecular weight excluding hydrogens is 208 g/mol. The molecule has 0 aliphatic carbocycles. The molecule has 0 atom stereocenters. The van der Waals surface area contributed by atoms with E-state index in [1.165, 1.54) is 0 Å². The SMILES string of the molecule is [3H]CCc1cc(C(C)(C)C)c(O)c(C(C)(C)C)c1. The summed E-state index contributed by atoms with van der Waals surface area (Å²) in [5, 5.41) is 10.5. The molecule has 0 bridgehead atoms. The molecule has 17 heavy (non-hydrogen) atoms. The first kappa shape index (κ1) is 12.5. The highest BCUT2D eigenvalue weighted by Gasteiger charge is 2.26. The van der Waals surface area contributed by atoms with Crippen LogP contribution in [0.25, 0.3) is 0 Å². The molecular formula is C16H26O. The first-order valence-corrected chi connectivity index (χ1v) is 6.23. The molecule has 1 heteroatoms. The lowest BCUT2D eigenvalue weighted by Crippen LogP contribution is -2.17. The molecule has 0 spiro atoms. The van der Waals surface area contributed by atoms with Crippen molar-refractivity contribution < 1.29 is 6.48 Å². The van der Waals surface area contributed by atoms with Gasteiger partial charge in [0.1, 0.15) is 5.75 Å². The number of aromatic hydroxyl groups is 1. The number of aryl methyl sites for hydroxylation is 1. The number of hydrogen-bond donors (Lipinski definition) is 1. The summed E-state index contributed by atoms with van der Waals surface area (Å²) in [7, 11) is 0. The second-order valence-electron chi connectivity index (χ2n) is 6.79. The van der Waals surface area contributed by atoms with Gasteiger partial charge in [-0.3, -0.25) is 0 Å². The smallest absolute Gasteiger partial charge is 0.123 e. The fourth-order valence-corrected chi connectivity index (χ4v) is 1.98. The maximum atomic E-state index is 10.5. The van der Waals surface area contributed by atoms with Crippen LogP contribution in [-0.4, -0.2) is 5.11 Å². The lowest BCUT2D eigenvalue weighted by molar-refractivity contribution is 0.422. The number of phenols is 1. The molecule has 0 aliphatic rings. The Morgan fingerprint density at radius 2 is 1.41 bits per heavy atom. The van der Waals surface area contributed by atoms with E-state index in [1.54, 1.807) is 0 Å². The van der Waals surface area contributed by atoms with Crippen LogP contribution in [0.5, 0.6) is 5.75 Å². The quantitative estimate of drug-likeness (QED) is 0.758. The number of benzene rings is 1. The standard InChI is InChI=1S/C16H26O/c1-8-11-9-12(15(2,3)4)14(17)13(10-11)16(5,6)7/h9-10,17H,8H2,1-7H3/i1T. The van der Waals surface area contributed by atoms with Crippen LogP contribution in [0.15, 0.2) is 12.1 Å². The maximum absolute atomic E-state index is 10.5. The van der Waals surface area contributed by atoms with E-state index in [0.717, 1.165) is 23.1 Å². The van der Waals surface area contributed by atoms with Crippen molar-refractivity contribution in [2.45, 2.75) is 65.7 Å². The van der Waals surface area contributed by atoms with Crippen molar-refractivity contribution in [1.82, 2.24) is 0 Å². The van der Waals surface area contributed by atoms with Gasteiger partial charge >= 0.3 is 0 Å². The molecule has 0 radical (unpaired) electrons. The summed E-state index contributed by atoms with van der Waals surface area (Å²) >= 11 is 0. The van der Waals surface area contributed by atoms with Crippen LogP contribution >= 0.6 is 0 Å². The average Bonchev–Trinajstić information content (AvgIpc) is 2.17. The third kappa shape index (κ3) is 3.02. The van der Waals surface area contributed by atoms with E-state index in [9.17, 15) is 5.11 Å². The Morgan fingerprint density at radius 3 is 1.71 bits per heavy atom. The van der Waals surface area contributed by atoms with E-state index in [2.05, 4.69) is 53.7 Å². The zero-order valence-corrected chi connectivity index (χ0v) is 12.0. The average molecular weight is 236 g/mol. The zero-order valence-electron chi connectivity index (χ0n) is 13.0. The van der Waals surface area contributed by atoms with Gasteiger partial charge in [-0.05, 0) is 33.9 Å². The fourth-order valence-electron chi connectivity index (χ4n) is 1.98. The Kier molecular flexibility index (Phi) is 3.20. The van der Waals surface area contributed by atoms with Gasteiger partial charge in [0.25, 0.3) is 0 Å². The van der Waals surface area contributed by atoms with E-state index < -0.39 is 0 Å². The van der Waals surface area contributed by atoms with Crippen molar-refractivity contribution in [1.29, 1.82) is 0 Å². The Labute approximate surface area is 107 Å². The second-order valence-corrected chi connectivity index (χ2v) is 6.79. The van der Waals surface area contributed by atoms with Gasteiger partial charge in [-0.25, -0.2) is 0 Å². The fraction of sp³-hybridized carbons (Fsp3) is 0.625. The molecule has 0 saturated carbocycles. The minimum Gasteiger partial charge on any atom is -0.507 e. The summed E-state index contributed by atoms with van der Waals surface area (Å²) in [6.07, 6.45) is 0.743. The normalized spacial score (nSPS) is 13.6. The van der Waals surface area contributed by atoms with Crippen molar-refractivity contribution >= 4 is 0 Å². The number of rotatable bonds is 1. The molecule has 1 rings (SSSR count). The summed E-state index contributed by atoms with van der Waals surface area (Å²) in [4.78, 5) is 0. The largest absolute Gasteiger partial charge is 0.507 e. The first-order valence-electron chi connectivity index (χ1n) is 6.94. The topological polar surface area (TPSA) is 20.2 Å². The highest BCUT2D eigenvalue weighted by atomic mass is 16.3. The van der Waals surface area contributed by atoms with Crippen LogP contribution in [0.4, 0.5) is 0 Å². The van der Waals surface area contributed by atoms with E-state index in [-0.39, 0.29) is 10.8 Å². The van der Waals surface area contributed by atoms with Crippen LogP contribution in [0.3, 0.4) is 0 Å². The minimum atomic E-state index is -0.0812. The molecule has 1 nitrogen and oxygen atoms in total. The van der Waals surface area contributed by atoms with Gasteiger partial charge in [0.15, 0.2) is 0 Å². The van der Waals surface area contributed by atoms with Crippen LogP contribution < -0.4 is 0 Å². The summed E-state index contributed by atoms with van der Waals surface area (Å²) < 4.78 is 7.38. The highest BCUT2D eigenvalue weighted by molar-refractivity contribution is 5.49.